The molecule has 0 radical (unpaired) electrons. The van der Waals surface area contributed by atoms with Crippen molar-refractivity contribution >= 4 is 0 Å². The van der Waals surface area contributed by atoms with Crippen molar-refractivity contribution in [2.24, 2.45) is 0 Å². The number of nitrogens with zero attached hydrogens (tertiary/aromatic N) is 4. The van der Waals surface area contributed by atoms with Crippen molar-refractivity contribution in [2.45, 2.75) is 57.7 Å². The Labute approximate surface area is 126 Å². The molecule has 0 saturated carbocycles. The zero-order valence-electron chi connectivity index (χ0n) is 13.0. The van der Waals surface area contributed by atoms with Gasteiger partial charge >= 0.3 is 0 Å². The molecule has 2 fully saturated rings. The standard InChI is InChI=1S/C15H26N4O2/c1-11-16-15(21-17-11)13-3-7-19(8-4-13)14-5-9-18(10-6-14)12(2)20/h12-14,20H,3-10H2,1-2H3. The number of hydrogen-bond acceptors (Lipinski definition) is 6. The second-order valence-electron chi connectivity index (χ2n) is 6.39. The van der Waals surface area contributed by atoms with Crippen LogP contribution >= 0.6 is 0 Å². The maximum absolute atomic E-state index is 9.63. The molecule has 2 aliphatic heterocycles. The first kappa shape index (κ1) is 14.9. The van der Waals surface area contributed by atoms with Crippen LogP contribution in [0.2, 0.25) is 0 Å². The summed E-state index contributed by atoms with van der Waals surface area (Å²) in [4.78, 5) is 9.14. The number of likely N-dealkylation sites (tertiary alicyclic amines) is 2. The predicted molar refractivity (Wildman–Crippen MR) is 78.9 cm³/mol. The van der Waals surface area contributed by atoms with Crippen LogP contribution in [-0.2, 0) is 0 Å². The Balaban J connectivity index is 1.48. The van der Waals surface area contributed by atoms with Gasteiger partial charge in [0.2, 0.25) is 5.89 Å². The van der Waals surface area contributed by atoms with E-state index in [-0.39, 0.29) is 6.23 Å². The Morgan fingerprint density at radius 1 is 1.14 bits per heavy atom. The molecule has 1 aromatic heterocycles. The number of rotatable bonds is 3. The lowest BCUT2D eigenvalue weighted by atomic mass is 9.93. The van der Waals surface area contributed by atoms with Crippen LogP contribution in [0.3, 0.4) is 0 Å². The average Bonchev–Trinajstić information content (AvgIpc) is 2.94. The number of aromatic nitrogens is 2. The van der Waals surface area contributed by atoms with Crippen LogP contribution in [-0.4, -0.2) is 63.5 Å². The molecule has 1 atom stereocenters. The van der Waals surface area contributed by atoms with Crippen LogP contribution in [0.1, 0.15) is 50.2 Å². The highest BCUT2D eigenvalue weighted by atomic mass is 16.5. The molecule has 0 amide bonds. The van der Waals surface area contributed by atoms with Gasteiger partial charge in [-0.1, -0.05) is 5.16 Å². The molecule has 0 aromatic carbocycles. The van der Waals surface area contributed by atoms with E-state index in [1.807, 2.05) is 13.8 Å². The minimum Gasteiger partial charge on any atom is -0.379 e. The van der Waals surface area contributed by atoms with Crippen LogP contribution in [0.4, 0.5) is 0 Å². The minimum atomic E-state index is -0.308. The molecule has 1 aromatic rings. The molecular weight excluding hydrogens is 268 g/mol. The molecule has 0 bridgehead atoms. The van der Waals surface area contributed by atoms with Crippen LogP contribution in [0.25, 0.3) is 0 Å². The fraction of sp³-hybridized carbons (Fsp3) is 0.867. The molecule has 1 unspecified atom stereocenters. The van der Waals surface area contributed by atoms with E-state index < -0.39 is 0 Å². The lowest BCUT2D eigenvalue weighted by molar-refractivity contribution is -0.0155. The lowest BCUT2D eigenvalue weighted by Crippen LogP contribution is -2.49. The van der Waals surface area contributed by atoms with Crippen molar-refractivity contribution in [3.05, 3.63) is 11.7 Å². The van der Waals surface area contributed by atoms with Gasteiger partial charge in [0.15, 0.2) is 5.82 Å². The van der Waals surface area contributed by atoms with Gasteiger partial charge in [0.1, 0.15) is 6.23 Å². The van der Waals surface area contributed by atoms with Gasteiger partial charge in [0.05, 0.1) is 0 Å². The summed E-state index contributed by atoms with van der Waals surface area (Å²) >= 11 is 0. The largest absolute Gasteiger partial charge is 0.379 e. The van der Waals surface area contributed by atoms with Crippen molar-refractivity contribution in [1.29, 1.82) is 0 Å². The van der Waals surface area contributed by atoms with Crippen LogP contribution < -0.4 is 0 Å². The molecule has 6 heteroatoms. The van der Waals surface area contributed by atoms with Gasteiger partial charge in [0, 0.05) is 25.0 Å². The van der Waals surface area contributed by atoms with Gasteiger partial charge in [-0.15, -0.1) is 0 Å². The molecule has 118 valence electrons. The van der Waals surface area contributed by atoms with Crippen LogP contribution in [0.5, 0.6) is 0 Å². The molecule has 3 heterocycles. The Morgan fingerprint density at radius 3 is 2.33 bits per heavy atom. The lowest BCUT2D eigenvalue weighted by Gasteiger charge is -2.42. The summed E-state index contributed by atoms with van der Waals surface area (Å²) in [6, 6.07) is 0.672. The van der Waals surface area contributed by atoms with Crippen molar-refractivity contribution in [3.63, 3.8) is 0 Å². The van der Waals surface area contributed by atoms with E-state index in [9.17, 15) is 5.11 Å². The fourth-order valence-corrected chi connectivity index (χ4v) is 3.62. The normalized spacial score (nSPS) is 25.3. The summed E-state index contributed by atoms with van der Waals surface area (Å²) in [6.07, 6.45) is 4.23. The monoisotopic (exact) mass is 294 g/mol. The van der Waals surface area contributed by atoms with E-state index in [1.165, 1.54) is 0 Å². The fourth-order valence-electron chi connectivity index (χ4n) is 3.62. The predicted octanol–water partition coefficient (Wildman–Crippen LogP) is 1.36. The Bertz CT molecular complexity index is 446. The number of hydrogen-bond donors (Lipinski definition) is 1. The zero-order chi connectivity index (χ0) is 14.8. The summed E-state index contributed by atoms with van der Waals surface area (Å²) in [5.74, 6) is 1.98. The van der Waals surface area contributed by atoms with Crippen molar-refractivity contribution in [3.8, 4) is 0 Å². The Hall–Kier alpha value is -0.980. The van der Waals surface area contributed by atoms with Crippen molar-refractivity contribution in [2.75, 3.05) is 26.2 Å². The van der Waals surface area contributed by atoms with E-state index in [0.29, 0.717) is 12.0 Å². The number of piperidine rings is 2. The molecule has 21 heavy (non-hydrogen) atoms. The molecule has 6 nitrogen and oxygen atoms in total. The summed E-state index contributed by atoms with van der Waals surface area (Å²) < 4.78 is 5.31. The topological polar surface area (TPSA) is 65.6 Å². The van der Waals surface area contributed by atoms with Gasteiger partial charge in [-0.2, -0.15) is 4.98 Å². The SMILES string of the molecule is Cc1noc(C2CCN(C3CCN(C(C)O)CC3)CC2)n1. The van der Waals surface area contributed by atoms with Crippen LogP contribution in [0.15, 0.2) is 4.52 Å². The molecular formula is C15H26N4O2. The number of aliphatic hydroxyl groups excluding tert-OH is 1. The van der Waals surface area contributed by atoms with E-state index >= 15 is 0 Å². The molecule has 0 aliphatic carbocycles. The summed E-state index contributed by atoms with van der Waals surface area (Å²) in [5, 5.41) is 13.5. The molecule has 1 N–H and O–H groups in total. The highest BCUT2D eigenvalue weighted by Crippen LogP contribution is 2.29. The third-order valence-electron chi connectivity index (χ3n) is 4.97. The van der Waals surface area contributed by atoms with Gasteiger partial charge in [-0.25, -0.2) is 0 Å². The number of aryl methyl sites for hydroxylation is 1. The maximum atomic E-state index is 9.63. The van der Waals surface area contributed by atoms with Gasteiger partial charge in [0.25, 0.3) is 0 Å². The van der Waals surface area contributed by atoms with Crippen LogP contribution in [0, 0.1) is 6.92 Å². The summed E-state index contributed by atoms with van der Waals surface area (Å²) in [5.41, 5.74) is 0. The smallest absolute Gasteiger partial charge is 0.229 e. The first-order valence-electron chi connectivity index (χ1n) is 8.10. The van der Waals surface area contributed by atoms with E-state index in [1.54, 1.807) is 0 Å². The quantitative estimate of drug-likeness (QED) is 0.908. The average molecular weight is 294 g/mol. The van der Waals surface area contributed by atoms with Gasteiger partial charge < -0.3 is 14.5 Å². The molecule has 3 rings (SSSR count). The second-order valence-corrected chi connectivity index (χ2v) is 6.39. The highest BCUT2D eigenvalue weighted by Gasteiger charge is 2.31. The molecule has 0 spiro atoms. The first-order chi connectivity index (χ1) is 10.1. The van der Waals surface area contributed by atoms with Gasteiger partial charge in [-0.3, -0.25) is 4.90 Å². The Kier molecular flexibility index (Phi) is 4.57. The van der Waals surface area contributed by atoms with Crippen molar-refractivity contribution < 1.29 is 9.63 Å². The third kappa shape index (κ3) is 3.44. The van der Waals surface area contributed by atoms with E-state index in [2.05, 4.69) is 19.9 Å². The molecule has 2 aliphatic rings. The van der Waals surface area contributed by atoms with E-state index in [0.717, 1.165) is 63.6 Å². The minimum absolute atomic E-state index is 0.308. The second kappa shape index (κ2) is 6.42. The Morgan fingerprint density at radius 2 is 1.81 bits per heavy atom. The highest BCUT2D eigenvalue weighted by molar-refractivity contribution is 4.96. The zero-order valence-corrected chi connectivity index (χ0v) is 13.0. The van der Waals surface area contributed by atoms with Crippen molar-refractivity contribution in [1.82, 2.24) is 19.9 Å². The first-order valence-corrected chi connectivity index (χ1v) is 8.10. The third-order valence-corrected chi connectivity index (χ3v) is 4.97. The number of aliphatic hydroxyl groups is 1. The molecule has 2 saturated heterocycles. The van der Waals surface area contributed by atoms with E-state index in [4.69, 9.17) is 4.52 Å². The maximum Gasteiger partial charge on any atom is 0.229 e. The summed E-state index contributed by atoms with van der Waals surface area (Å²) in [7, 11) is 0. The van der Waals surface area contributed by atoms with Gasteiger partial charge in [-0.05, 0) is 52.6 Å². The summed E-state index contributed by atoms with van der Waals surface area (Å²) in [6.45, 7) is 7.98.